The predicted octanol–water partition coefficient (Wildman–Crippen LogP) is 2.75. The van der Waals surface area contributed by atoms with Gasteiger partial charge in [-0.1, -0.05) is 29.8 Å². The Bertz CT molecular complexity index is 1250. The molecule has 3 heterocycles. The van der Waals surface area contributed by atoms with Crippen LogP contribution in [0.1, 0.15) is 21.7 Å². The molecule has 3 aromatic rings. The molecule has 0 fully saturated rings. The van der Waals surface area contributed by atoms with Gasteiger partial charge in [0.25, 0.3) is 11.8 Å². The number of hydrogen-bond acceptors (Lipinski definition) is 4. The Morgan fingerprint density at radius 1 is 1.04 bits per heavy atom. The van der Waals surface area contributed by atoms with Gasteiger partial charge in [0.05, 0.1) is 10.9 Å². The average Bonchev–Trinajstić information content (AvgIpc) is 3.03. The van der Waals surface area contributed by atoms with Crippen LogP contribution >= 0.6 is 11.6 Å². The van der Waals surface area contributed by atoms with E-state index < -0.39 is 16.9 Å². The minimum absolute atomic E-state index is 0.0477. The number of hydrogen-bond donors (Lipinski definition) is 0. The summed E-state index contributed by atoms with van der Waals surface area (Å²) in [6.07, 6.45) is 0. The second-order valence-electron chi connectivity index (χ2n) is 6.73. The Hall–Kier alpha value is -3.12. The number of halogens is 1. The van der Waals surface area contributed by atoms with Crippen LogP contribution in [0.5, 0.6) is 0 Å². The Morgan fingerprint density at radius 2 is 1.78 bits per heavy atom. The van der Waals surface area contributed by atoms with Crippen LogP contribution in [0.4, 0.5) is 5.69 Å². The molecule has 5 rings (SSSR count). The number of anilines is 1. The maximum atomic E-state index is 13.4. The SMILES string of the molecule is CN1C(=O)[C@]2(c3ccccc31)c1c(oc3ccc(Cl)cc3c1=O)C(=O)N2C. The quantitative estimate of drug-likeness (QED) is 0.601. The maximum absolute atomic E-state index is 13.4. The van der Waals surface area contributed by atoms with Crippen molar-refractivity contribution in [3.8, 4) is 0 Å². The summed E-state index contributed by atoms with van der Waals surface area (Å²) < 4.78 is 5.79. The highest BCUT2D eigenvalue weighted by atomic mass is 35.5. The lowest BCUT2D eigenvalue weighted by Gasteiger charge is -2.30. The first-order valence-electron chi connectivity index (χ1n) is 8.31. The molecule has 7 heteroatoms. The Balaban J connectivity index is 1.98. The van der Waals surface area contributed by atoms with Crippen molar-refractivity contribution in [2.75, 3.05) is 19.0 Å². The molecule has 6 nitrogen and oxygen atoms in total. The number of fused-ring (bicyclic) bond motifs is 5. The van der Waals surface area contributed by atoms with Crippen LogP contribution in [0.2, 0.25) is 5.02 Å². The van der Waals surface area contributed by atoms with Crippen molar-refractivity contribution in [3.05, 3.63) is 74.6 Å². The molecule has 0 unspecified atom stereocenters. The molecule has 27 heavy (non-hydrogen) atoms. The van der Waals surface area contributed by atoms with E-state index in [1.54, 1.807) is 37.4 Å². The number of carbonyl (C=O) groups excluding carboxylic acids is 2. The molecule has 1 atom stereocenters. The highest BCUT2D eigenvalue weighted by Gasteiger charge is 2.63. The van der Waals surface area contributed by atoms with Gasteiger partial charge in [-0.2, -0.15) is 0 Å². The summed E-state index contributed by atoms with van der Waals surface area (Å²) in [5, 5.41) is 0.611. The van der Waals surface area contributed by atoms with E-state index in [1.807, 2.05) is 6.07 Å². The standard InChI is InChI=1S/C20H13ClN2O4/c1-22-13-6-4-3-5-12(13)20(19(22)26)15-16(24)11-9-10(21)7-8-14(11)27-17(15)18(25)23(20)2/h3-9H,1-2H3/t20-/m0/s1. The Labute approximate surface area is 158 Å². The van der Waals surface area contributed by atoms with E-state index >= 15 is 0 Å². The topological polar surface area (TPSA) is 70.8 Å². The van der Waals surface area contributed by atoms with E-state index in [-0.39, 0.29) is 28.2 Å². The van der Waals surface area contributed by atoms with Gasteiger partial charge in [0.2, 0.25) is 5.76 Å². The molecule has 0 saturated carbocycles. The van der Waals surface area contributed by atoms with Crippen molar-refractivity contribution in [2.45, 2.75) is 5.54 Å². The molecule has 2 aromatic carbocycles. The zero-order valence-corrected chi connectivity index (χ0v) is 15.2. The largest absolute Gasteiger partial charge is 0.450 e. The third-order valence-electron chi connectivity index (χ3n) is 5.49. The van der Waals surface area contributed by atoms with E-state index in [4.69, 9.17) is 16.0 Å². The molecule has 2 aliphatic heterocycles. The van der Waals surface area contributed by atoms with Gasteiger partial charge < -0.3 is 14.2 Å². The monoisotopic (exact) mass is 380 g/mol. The lowest BCUT2D eigenvalue weighted by Crippen LogP contribution is -2.51. The van der Waals surface area contributed by atoms with Crippen LogP contribution < -0.4 is 10.3 Å². The van der Waals surface area contributed by atoms with Crippen molar-refractivity contribution in [2.24, 2.45) is 0 Å². The number of rotatable bonds is 0. The molecule has 1 spiro atoms. The van der Waals surface area contributed by atoms with E-state index in [2.05, 4.69) is 0 Å². The molecular weight excluding hydrogens is 368 g/mol. The third-order valence-corrected chi connectivity index (χ3v) is 5.72. The van der Waals surface area contributed by atoms with Crippen LogP contribution in [0.25, 0.3) is 11.0 Å². The highest BCUT2D eigenvalue weighted by molar-refractivity contribution is 6.31. The zero-order chi connectivity index (χ0) is 19.1. The third kappa shape index (κ3) is 1.69. The van der Waals surface area contributed by atoms with Gasteiger partial charge in [-0.15, -0.1) is 0 Å². The first-order chi connectivity index (χ1) is 12.9. The fraction of sp³-hybridized carbons (Fsp3) is 0.150. The number of carbonyl (C=O) groups is 2. The zero-order valence-electron chi connectivity index (χ0n) is 14.4. The molecule has 2 amide bonds. The molecule has 0 radical (unpaired) electrons. The highest BCUT2D eigenvalue weighted by Crippen LogP contribution is 2.51. The summed E-state index contributed by atoms with van der Waals surface area (Å²) in [7, 11) is 3.15. The molecule has 1 aromatic heterocycles. The molecule has 0 saturated heterocycles. The summed E-state index contributed by atoms with van der Waals surface area (Å²) in [5.74, 6) is -0.972. The minimum atomic E-state index is -1.53. The first-order valence-corrected chi connectivity index (χ1v) is 8.69. The second-order valence-corrected chi connectivity index (χ2v) is 7.17. The summed E-state index contributed by atoms with van der Waals surface area (Å²) in [4.78, 5) is 42.6. The van der Waals surface area contributed by atoms with Crippen LogP contribution in [0, 0.1) is 0 Å². The van der Waals surface area contributed by atoms with Crippen molar-refractivity contribution in [1.29, 1.82) is 0 Å². The van der Waals surface area contributed by atoms with Crippen molar-refractivity contribution >= 4 is 40.1 Å². The molecular formula is C20H13ClN2O4. The van der Waals surface area contributed by atoms with Gasteiger partial charge in [-0.25, -0.2) is 0 Å². The first kappa shape index (κ1) is 16.1. The summed E-state index contributed by atoms with van der Waals surface area (Å²) in [6.45, 7) is 0. The summed E-state index contributed by atoms with van der Waals surface area (Å²) in [5.41, 5.74) is -0.415. The maximum Gasteiger partial charge on any atom is 0.291 e. The van der Waals surface area contributed by atoms with Crippen LogP contribution in [-0.4, -0.2) is 30.8 Å². The van der Waals surface area contributed by atoms with Crippen molar-refractivity contribution < 1.29 is 14.0 Å². The normalized spacial score (nSPS) is 20.7. The number of amides is 2. The average molecular weight is 381 g/mol. The van der Waals surface area contributed by atoms with E-state index in [9.17, 15) is 14.4 Å². The van der Waals surface area contributed by atoms with Gasteiger partial charge in [-0.05, 0) is 24.3 Å². The second kappa shape index (κ2) is 4.98. The van der Waals surface area contributed by atoms with Gasteiger partial charge >= 0.3 is 0 Å². The Kier molecular flexibility index (Phi) is 2.97. The molecule has 2 aliphatic rings. The number of likely N-dealkylation sites (N-methyl/N-ethyl adjacent to an activating group) is 2. The number of benzene rings is 2. The van der Waals surface area contributed by atoms with Gasteiger partial charge in [0.15, 0.2) is 11.0 Å². The summed E-state index contributed by atoms with van der Waals surface area (Å²) >= 11 is 6.05. The van der Waals surface area contributed by atoms with E-state index in [0.29, 0.717) is 16.3 Å². The number of para-hydroxylation sites is 1. The van der Waals surface area contributed by atoms with Crippen molar-refractivity contribution in [3.63, 3.8) is 0 Å². The fourth-order valence-electron chi connectivity index (χ4n) is 4.22. The van der Waals surface area contributed by atoms with E-state index in [1.165, 1.54) is 22.9 Å². The molecule has 134 valence electrons. The van der Waals surface area contributed by atoms with Crippen LogP contribution in [-0.2, 0) is 10.3 Å². The van der Waals surface area contributed by atoms with Gasteiger partial charge in [0, 0.05) is 30.4 Å². The molecule has 0 N–H and O–H groups in total. The van der Waals surface area contributed by atoms with Gasteiger partial charge in [0.1, 0.15) is 5.58 Å². The van der Waals surface area contributed by atoms with Crippen LogP contribution in [0.3, 0.4) is 0 Å². The molecule has 0 aliphatic carbocycles. The van der Waals surface area contributed by atoms with Crippen molar-refractivity contribution in [1.82, 2.24) is 4.90 Å². The lowest BCUT2D eigenvalue weighted by atomic mass is 9.84. The van der Waals surface area contributed by atoms with Gasteiger partial charge in [-0.3, -0.25) is 14.4 Å². The lowest BCUT2D eigenvalue weighted by molar-refractivity contribution is -0.125. The minimum Gasteiger partial charge on any atom is -0.450 e. The Morgan fingerprint density at radius 3 is 2.56 bits per heavy atom. The summed E-state index contributed by atoms with van der Waals surface area (Å²) in [6, 6.07) is 11.8. The molecule has 0 bridgehead atoms. The van der Waals surface area contributed by atoms with Crippen LogP contribution in [0.15, 0.2) is 51.7 Å². The smallest absolute Gasteiger partial charge is 0.291 e. The predicted molar refractivity (Wildman–Crippen MR) is 100 cm³/mol. The van der Waals surface area contributed by atoms with E-state index in [0.717, 1.165) is 0 Å². The number of nitrogens with zero attached hydrogens (tertiary/aromatic N) is 2. The fourth-order valence-corrected chi connectivity index (χ4v) is 4.40.